The maximum Gasteiger partial charge on any atom is 0.323 e. The smallest absolute Gasteiger partial charge is 0.323 e. The Labute approximate surface area is 121 Å². The monoisotopic (exact) mass is 273 g/mol. The lowest BCUT2D eigenvalue weighted by atomic mass is 9.96. The van der Waals surface area contributed by atoms with Crippen LogP contribution in [0.1, 0.15) is 32.8 Å². The Morgan fingerprint density at radius 3 is 2.70 bits per heavy atom. The lowest BCUT2D eigenvalue weighted by molar-refractivity contribution is -0.150. The number of hydrogen-bond acceptors (Lipinski definition) is 3. The molecule has 20 heavy (non-hydrogen) atoms. The Kier molecular flexibility index (Phi) is 4.96. The molecule has 0 unspecified atom stereocenters. The van der Waals surface area contributed by atoms with E-state index in [-0.39, 0.29) is 18.1 Å². The molecule has 108 valence electrons. The van der Waals surface area contributed by atoms with Crippen LogP contribution in [-0.4, -0.2) is 29.6 Å². The fraction of sp³-hybridized carbons (Fsp3) is 0.471. The highest BCUT2D eigenvalue weighted by Gasteiger charge is 2.33. The van der Waals surface area contributed by atoms with Gasteiger partial charge < -0.3 is 4.74 Å². The molecule has 0 aliphatic carbocycles. The molecule has 0 aromatic heterocycles. The van der Waals surface area contributed by atoms with Crippen LogP contribution >= 0.6 is 0 Å². The normalized spacial score (nSPS) is 23.2. The zero-order valence-corrected chi connectivity index (χ0v) is 12.5. The number of esters is 1. The third-order valence-electron chi connectivity index (χ3n) is 3.99. The molecule has 2 atom stereocenters. The maximum atomic E-state index is 12.2. The van der Waals surface area contributed by atoms with E-state index in [4.69, 9.17) is 4.74 Å². The van der Waals surface area contributed by atoms with Crippen LogP contribution in [0.4, 0.5) is 0 Å². The molecule has 0 bridgehead atoms. The van der Waals surface area contributed by atoms with Gasteiger partial charge >= 0.3 is 5.97 Å². The Bertz CT molecular complexity index is 481. The molecule has 0 saturated carbocycles. The van der Waals surface area contributed by atoms with Gasteiger partial charge in [0.2, 0.25) is 0 Å². The van der Waals surface area contributed by atoms with E-state index >= 15 is 0 Å². The van der Waals surface area contributed by atoms with Crippen molar-refractivity contribution in [2.24, 2.45) is 0 Å². The molecule has 1 aromatic rings. The van der Waals surface area contributed by atoms with E-state index in [1.165, 1.54) is 11.1 Å². The summed E-state index contributed by atoms with van der Waals surface area (Å²) >= 11 is 0. The van der Waals surface area contributed by atoms with E-state index in [0.29, 0.717) is 6.61 Å². The van der Waals surface area contributed by atoms with Crippen molar-refractivity contribution in [3.8, 4) is 0 Å². The van der Waals surface area contributed by atoms with Crippen molar-refractivity contribution in [3.63, 3.8) is 0 Å². The number of hydrogen-bond donors (Lipinski definition) is 0. The van der Waals surface area contributed by atoms with Gasteiger partial charge in [-0.1, -0.05) is 42.0 Å². The molecule has 0 N–H and O–H groups in total. The van der Waals surface area contributed by atoms with Gasteiger partial charge in [-0.2, -0.15) is 0 Å². The minimum atomic E-state index is -0.172. The van der Waals surface area contributed by atoms with E-state index < -0.39 is 0 Å². The molecule has 1 aliphatic rings. The first kappa shape index (κ1) is 14.8. The molecule has 0 amide bonds. The zero-order chi connectivity index (χ0) is 14.5. The summed E-state index contributed by atoms with van der Waals surface area (Å²) < 4.78 is 5.22. The Hall–Kier alpha value is -1.61. The standard InChI is InChI=1S/C17H23NO2/c1-4-20-17(19)16-11-10-13(2)14(3)18(16)12-15-8-6-5-7-9-15/h5-10,14,16H,4,11-12H2,1-3H3/t14-,16-/m0/s1. The molecule has 0 spiro atoms. The number of nitrogens with zero attached hydrogens (tertiary/aromatic N) is 1. The third-order valence-corrected chi connectivity index (χ3v) is 3.99. The number of carbonyl (C=O) groups excluding carboxylic acids is 1. The number of ether oxygens (including phenoxy) is 1. The summed E-state index contributed by atoms with van der Waals surface area (Å²) in [6.07, 6.45) is 2.90. The van der Waals surface area contributed by atoms with Crippen molar-refractivity contribution < 1.29 is 9.53 Å². The highest BCUT2D eigenvalue weighted by molar-refractivity contribution is 5.76. The van der Waals surface area contributed by atoms with Gasteiger partial charge in [-0.3, -0.25) is 9.69 Å². The molecular formula is C17H23NO2. The summed E-state index contributed by atoms with van der Waals surface area (Å²) in [6, 6.07) is 10.4. The highest BCUT2D eigenvalue weighted by Crippen LogP contribution is 2.25. The average molecular weight is 273 g/mol. The van der Waals surface area contributed by atoms with E-state index in [1.807, 2.05) is 25.1 Å². The highest BCUT2D eigenvalue weighted by atomic mass is 16.5. The van der Waals surface area contributed by atoms with Gasteiger partial charge in [0.1, 0.15) is 6.04 Å². The summed E-state index contributed by atoms with van der Waals surface area (Å²) in [6.45, 7) is 7.35. The lowest BCUT2D eigenvalue weighted by Gasteiger charge is -2.38. The second-order valence-corrected chi connectivity index (χ2v) is 5.29. The third kappa shape index (κ3) is 3.28. The van der Waals surface area contributed by atoms with Gasteiger partial charge in [0.15, 0.2) is 0 Å². The van der Waals surface area contributed by atoms with Gasteiger partial charge in [-0.25, -0.2) is 0 Å². The van der Waals surface area contributed by atoms with Crippen molar-refractivity contribution in [1.82, 2.24) is 4.90 Å². The van der Waals surface area contributed by atoms with Crippen LogP contribution in [0.5, 0.6) is 0 Å². The van der Waals surface area contributed by atoms with Gasteiger partial charge in [-0.15, -0.1) is 0 Å². The minimum Gasteiger partial charge on any atom is -0.465 e. The van der Waals surface area contributed by atoms with E-state index in [9.17, 15) is 4.79 Å². The van der Waals surface area contributed by atoms with Crippen molar-refractivity contribution in [3.05, 3.63) is 47.5 Å². The van der Waals surface area contributed by atoms with Crippen molar-refractivity contribution in [2.75, 3.05) is 6.61 Å². The summed E-state index contributed by atoms with van der Waals surface area (Å²) in [7, 11) is 0. The summed E-state index contributed by atoms with van der Waals surface area (Å²) in [5.41, 5.74) is 2.55. The summed E-state index contributed by atoms with van der Waals surface area (Å²) in [5, 5.41) is 0. The van der Waals surface area contributed by atoms with Gasteiger partial charge in [0.25, 0.3) is 0 Å². The van der Waals surface area contributed by atoms with Crippen LogP contribution in [0.2, 0.25) is 0 Å². The van der Waals surface area contributed by atoms with Crippen LogP contribution in [-0.2, 0) is 16.1 Å². The molecule has 3 heteroatoms. The van der Waals surface area contributed by atoms with Gasteiger partial charge in [0, 0.05) is 12.6 Å². The fourth-order valence-electron chi connectivity index (χ4n) is 2.65. The van der Waals surface area contributed by atoms with E-state index in [1.54, 1.807) is 0 Å². The van der Waals surface area contributed by atoms with Crippen molar-refractivity contribution in [1.29, 1.82) is 0 Å². The Balaban J connectivity index is 2.19. The molecule has 0 radical (unpaired) electrons. The molecule has 1 aliphatic heterocycles. The molecule has 1 aromatic carbocycles. The second-order valence-electron chi connectivity index (χ2n) is 5.29. The van der Waals surface area contributed by atoms with Crippen molar-refractivity contribution in [2.45, 2.75) is 45.8 Å². The first-order chi connectivity index (χ1) is 9.63. The number of rotatable bonds is 4. The maximum absolute atomic E-state index is 12.2. The second kappa shape index (κ2) is 6.71. The van der Waals surface area contributed by atoms with Crippen molar-refractivity contribution >= 4 is 5.97 Å². The quantitative estimate of drug-likeness (QED) is 0.623. The predicted molar refractivity (Wildman–Crippen MR) is 80.2 cm³/mol. The first-order valence-corrected chi connectivity index (χ1v) is 7.26. The van der Waals surface area contributed by atoms with E-state index in [2.05, 4.69) is 37.0 Å². The summed E-state index contributed by atoms with van der Waals surface area (Å²) in [4.78, 5) is 14.4. The topological polar surface area (TPSA) is 29.5 Å². The van der Waals surface area contributed by atoms with E-state index in [0.717, 1.165) is 13.0 Å². The van der Waals surface area contributed by atoms with Gasteiger partial charge in [-0.05, 0) is 32.8 Å². The average Bonchev–Trinajstić information content (AvgIpc) is 2.45. The molecule has 3 nitrogen and oxygen atoms in total. The minimum absolute atomic E-state index is 0.112. The molecule has 0 saturated heterocycles. The number of carbonyl (C=O) groups is 1. The van der Waals surface area contributed by atoms with Crippen LogP contribution in [0.25, 0.3) is 0 Å². The van der Waals surface area contributed by atoms with Crippen LogP contribution < -0.4 is 0 Å². The lowest BCUT2D eigenvalue weighted by Crippen LogP contribution is -2.49. The SMILES string of the molecule is CCOC(=O)[C@@H]1CC=C(C)[C@H](C)N1Cc1ccccc1. The number of benzene rings is 1. The Morgan fingerprint density at radius 2 is 2.05 bits per heavy atom. The first-order valence-electron chi connectivity index (χ1n) is 7.26. The predicted octanol–water partition coefficient (Wildman–Crippen LogP) is 3.16. The summed E-state index contributed by atoms with van der Waals surface area (Å²) in [5.74, 6) is -0.112. The largest absolute Gasteiger partial charge is 0.465 e. The van der Waals surface area contributed by atoms with Crippen LogP contribution in [0.3, 0.4) is 0 Å². The molecule has 0 fully saturated rings. The Morgan fingerprint density at radius 1 is 1.35 bits per heavy atom. The molecule has 2 rings (SSSR count). The van der Waals surface area contributed by atoms with Crippen LogP contribution in [0, 0.1) is 0 Å². The molecule has 1 heterocycles. The molecular weight excluding hydrogens is 250 g/mol. The van der Waals surface area contributed by atoms with Crippen LogP contribution in [0.15, 0.2) is 42.0 Å². The van der Waals surface area contributed by atoms with Gasteiger partial charge in [0.05, 0.1) is 6.61 Å². The fourth-order valence-corrected chi connectivity index (χ4v) is 2.65. The zero-order valence-electron chi connectivity index (χ0n) is 12.5.